The quantitative estimate of drug-likeness (QED) is 0.433. The minimum atomic E-state index is -1.38. The number of benzene rings is 1. The number of hydrogen-bond acceptors (Lipinski definition) is 5. The van der Waals surface area contributed by atoms with Crippen molar-refractivity contribution in [1.82, 2.24) is 29.4 Å². The standard InChI is InChI=1S/C24H19F2N7/c25-18-6-4-15(5-7-18)22(24(26)9-10-24)33-14-17(13-28-33)20-3-1-2-19(29-20)16-8-11-32-21(12-16)30-23(27)31-32/h1-8,11-14,22H,9-10H2,(H2,27,31). The highest BCUT2D eigenvalue weighted by molar-refractivity contribution is 5.68. The Morgan fingerprint density at radius 3 is 2.48 bits per heavy atom. The lowest BCUT2D eigenvalue weighted by molar-refractivity contribution is 0.221. The van der Waals surface area contributed by atoms with Gasteiger partial charge in [0.05, 0.1) is 17.6 Å². The zero-order valence-corrected chi connectivity index (χ0v) is 17.4. The molecule has 0 bridgehead atoms. The van der Waals surface area contributed by atoms with Crippen LogP contribution in [-0.2, 0) is 0 Å². The average molecular weight is 443 g/mol. The SMILES string of the molecule is Nc1nc2cc(-c3cccc(-c4cnn(C(c5ccc(F)cc5)C5(F)CC5)c4)n3)ccn2n1. The maximum Gasteiger partial charge on any atom is 0.240 e. The first-order valence-corrected chi connectivity index (χ1v) is 10.6. The summed E-state index contributed by atoms with van der Waals surface area (Å²) in [6.45, 7) is 0. The molecule has 1 fully saturated rings. The van der Waals surface area contributed by atoms with Crippen molar-refractivity contribution in [2.24, 2.45) is 0 Å². The summed E-state index contributed by atoms with van der Waals surface area (Å²) in [6, 6.07) is 14.8. The number of hydrogen-bond donors (Lipinski definition) is 1. The van der Waals surface area contributed by atoms with Crippen molar-refractivity contribution in [3.8, 4) is 22.5 Å². The van der Waals surface area contributed by atoms with Crippen molar-refractivity contribution in [3.63, 3.8) is 0 Å². The number of halogens is 2. The van der Waals surface area contributed by atoms with Crippen LogP contribution < -0.4 is 5.73 Å². The van der Waals surface area contributed by atoms with Crippen LogP contribution in [0.4, 0.5) is 14.7 Å². The van der Waals surface area contributed by atoms with Crippen LogP contribution in [0.1, 0.15) is 24.4 Å². The van der Waals surface area contributed by atoms with Crippen LogP contribution in [0, 0.1) is 5.82 Å². The van der Waals surface area contributed by atoms with E-state index in [9.17, 15) is 4.39 Å². The molecule has 1 aliphatic rings. The van der Waals surface area contributed by atoms with Gasteiger partial charge in [-0.25, -0.2) is 18.3 Å². The van der Waals surface area contributed by atoms with E-state index in [-0.39, 0.29) is 11.8 Å². The zero-order valence-electron chi connectivity index (χ0n) is 17.4. The fraction of sp³-hybridized carbons (Fsp3) is 0.167. The number of pyridine rings is 2. The number of aromatic nitrogens is 6. The molecule has 0 aliphatic heterocycles. The molecule has 7 nitrogen and oxygen atoms in total. The van der Waals surface area contributed by atoms with Gasteiger partial charge in [0.25, 0.3) is 0 Å². The Balaban J connectivity index is 1.35. The van der Waals surface area contributed by atoms with E-state index in [0.29, 0.717) is 29.7 Å². The monoisotopic (exact) mass is 443 g/mol. The number of rotatable bonds is 5. The largest absolute Gasteiger partial charge is 0.366 e. The lowest BCUT2D eigenvalue weighted by atomic mass is 10.0. The maximum absolute atomic E-state index is 15.3. The fourth-order valence-corrected chi connectivity index (χ4v) is 4.15. The van der Waals surface area contributed by atoms with Gasteiger partial charge in [-0.05, 0) is 54.8 Å². The molecule has 4 heterocycles. The van der Waals surface area contributed by atoms with Crippen LogP contribution in [0.5, 0.6) is 0 Å². The molecule has 0 saturated heterocycles. The van der Waals surface area contributed by atoms with Crippen molar-refractivity contribution in [3.05, 3.63) is 84.6 Å². The van der Waals surface area contributed by atoms with E-state index in [0.717, 1.165) is 16.8 Å². The second kappa shape index (κ2) is 7.19. The molecule has 6 rings (SSSR count). The Kier molecular flexibility index (Phi) is 4.26. The molecule has 0 radical (unpaired) electrons. The first-order valence-electron chi connectivity index (χ1n) is 10.6. The van der Waals surface area contributed by atoms with E-state index in [1.165, 1.54) is 12.1 Å². The van der Waals surface area contributed by atoms with Gasteiger partial charge >= 0.3 is 0 Å². The van der Waals surface area contributed by atoms with Crippen LogP contribution in [0.15, 0.2) is 73.2 Å². The molecule has 9 heteroatoms. The van der Waals surface area contributed by atoms with Gasteiger partial charge in [-0.2, -0.15) is 10.1 Å². The van der Waals surface area contributed by atoms with Gasteiger partial charge in [0, 0.05) is 23.5 Å². The highest BCUT2D eigenvalue weighted by atomic mass is 19.1. The van der Waals surface area contributed by atoms with Crippen molar-refractivity contribution in [1.29, 1.82) is 0 Å². The summed E-state index contributed by atoms with van der Waals surface area (Å²) in [4.78, 5) is 8.97. The third-order valence-electron chi connectivity index (χ3n) is 5.96. The normalized spacial score (nSPS) is 15.6. The summed E-state index contributed by atoms with van der Waals surface area (Å²) in [5.74, 6) is -0.145. The smallest absolute Gasteiger partial charge is 0.240 e. The molecule has 0 amide bonds. The molecule has 33 heavy (non-hydrogen) atoms. The number of fused-ring (bicyclic) bond motifs is 1. The van der Waals surface area contributed by atoms with Crippen molar-refractivity contribution in [2.75, 3.05) is 5.73 Å². The van der Waals surface area contributed by atoms with Crippen LogP contribution in [0.2, 0.25) is 0 Å². The average Bonchev–Trinajstić information content (AvgIpc) is 3.21. The minimum Gasteiger partial charge on any atom is -0.366 e. The lowest BCUT2D eigenvalue weighted by Crippen LogP contribution is -2.23. The molecule has 4 aromatic heterocycles. The molecule has 1 aromatic carbocycles. The Hall–Kier alpha value is -4.14. The van der Waals surface area contributed by atoms with E-state index in [1.807, 2.05) is 30.3 Å². The number of nitrogen functional groups attached to an aromatic ring is 1. The summed E-state index contributed by atoms with van der Waals surface area (Å²) < 4.78 is 31.9. The Labute approximate surface area is 187 Å². The maximum atomic E-state index is 15.3. The second-order valence-corrected chi connectivity index (χ2v) is 8.29. The molecule has 0 spiro atoms. The van der Waals surface area contributed by atoms with Crippen molar-refractivity contribution < 1.29 is 8.78 Å². The van der Waals surface area contributed by atoms with E-state index in [4.69, 9.17) is 10.7 Å². The van der Waals surface area contributed by atoms with E-state index in [1.54, 1.807) is 39.9 Å². The highest BCUT2D eigenvalue weighted by Gasteiger charge is 2.52. The topological polar surface area (TPSA) is 86.9 Å². The summed E-state index contributed by atoms with van der Waals surface area (Å²) in [5.41, 5.74) is 8.71. The zero-order chi connectivity index (χ0) is 22.6. The van der Waals surface area contributed by atoms with Crippen LogP contribution in [-0.4, -0.2) is 35.0 Å². The lowest BCUT2D eigenvalue weighted by Gasteiger charge is -2.21. The van der Waals surface area contributed by atoms with Gasteiger partial charge in [-0.1, -0.05) is 18.2 Å². The molecule has 164 valence electrons. The molecule has 5 aromatic rings. The van der Waals surface area contributed by atoms with E-state index >= 15 is 4.39 Å². The van der Waals surface area contributed by atoms with E-state index < -0.39 is 11.7 Å². The predicted molar refractivity (Wildman–Crippen MR) is 119 cm³/mol. The summed E-state index contributed by atoms with van der Waals surface area (Å²) in [5, 5.41) is 8.54. The number of alkyl halides is 1. The molecular weight excluding hydrogens is 424 g/mol. The molecule has 1 unspecified atom stereocenters. The Morgan fingerprint density at radius 1 is 0.970 bits per heavy atom. The second-order valence-electron chi connectivity index (χ2n) is 8.29. The van der Waals surface area contributed by atoms with E-state index in [2.05, 4.69) is 15.2 Å². The van der Waals surface area contributed by atoms with Crippen molar-refractivity contribution >= 4 is 11.6 Å². The predicted octanol–water partition coefficient (Wildman–Crippen LogP) is 4.47. The molecular formula is C24H19F2N7. The summed E-state index contributed by atoms with van der Waals surface area (Å²) in [7, 11) is 0. The molecule has 1 saturated carbocycles. The van der Waals surface area contributed by atoms with Gasteiger partial charge in [0.15, 0.2) is 5.65 Å². The first kappa shape index (κ1) is 19.5. The minimum absolute atomic E-state index is 0.207. The third kappa shape index (κ3) is 3.51. The molecule has 1 aliphatic carbocycles. The Morgan fingerprint density at radius 2 is 1.73 bits per heavy atom. The van der Waals surface area contributed by atoms with Gasteiger partial charge < -0.3 is 5.73 Å². The van der Waals surface area contributed by atoms with Crippen LogP contribution in [0.25, 0.3) is 28.2 Å². The van der Waals surface area contributed by atoms with Crippen LogP contribution >= 0.6 is 0 Å². The van der Waals surface area contributed by atoms with Gasteiger partial charge in [0.1, 0.15) is 17.5 Å². The molecule has 2 N–H and O–H groups in total. The third-order valence-corrected chi connectivity index (χ3v) is 5.96. The summed E-state index contributed by atoms with van der Waals surface area (Å²) in [6.07, 6.45) is 6.16. The molecule has 1 atom stereocenters. The van der Waals surface area contributed by atoms with Gasteiger partial charge in [-0.15, -0.1) is 5.10 Å². The summed E-state index contributed by atoms with van der Waals surface area (Å²) >= 11 is 0. The Bertz CT molecular complexity index is 1470. The highest BCUT2D eigenvalue weighted by Crippen LogP contribution is 2.51. The van der Waals surface area contributed by atoms with Gasteiger partial charge in [-0.3, -0.25) is 4.68 Å². The van der Waals surface area contributed by atoms with Crippen molar-refractivity contribution in [2.45, 2.75) is 24.6 Å². The number of anilines is 1. The first-order chi connectivity index (χ1) is 16.0. The number of nitrogens with two attached hydrogens (primary N) is 1. The van der Waals surface area contributed by atoms with Crippen LogP contribution in [0.3, 0.4) is 0 Å². The number of nitrogens with zero attached hydrogens (tertiary/aromatic N) is 6. The fourth-order valence-electron chi connectivity index (χ4n) is 4.15. The van der Waals surface area contributed by atoms with Gasteiger partial charge in [0.2, 0.25) is 5.95 Å².